The highest BCUT2D eigenvalue weighted by atomic mass is 16.4. The number of nitrogens with one attached hydrogen (secondary N) is 15. The average Bonchev–Trinajstić information content (AvgIpc) is 0.953. The molecule has 38 heteroatoms. The van der Waals surface area contributed by atoms with Crippen molar-refractivity contribution in [3.8, 4) is 0 Å². The third-order valence-electron chi connectivity index (χ3n) is 22.0. The van der Waals surface area contributed by atoms with E-state index in [4.69, 9.17) is 28.0 Å². The number of guanidine groups is 2. The number of aromatic nitrogens is 2. The molecule has 13 amide bonds. The van der Waals surface area contributed by atoms with Crippen LogP contribution in [0, 0.1) is 16.7 Å². The maximum Gasteiger partial charge on any atom is 0.327 e. The molecule has 0 spiro atoms. The molecular formula is C81H118N22O16. The second kappa shape index (κ2) is 44.7. The number of imidazole rings is 1. The Labute approximate surface area is 690 Å². The SMILES string of the molecule is CCCC[C@H](NC(=O)[C@@H]1CCCN1C(=O)CNC(=O)[C@H](CCCCN)NC(=O)[C@H](Cc1cnc[nH]1)NC(=O)[C@H](CO)NC(=O)[C@H](CC(C)C)NC(=O)[C@H](CCCNC(=N)N)NC(=O)[C@@H]1CCCN1C(=O)[C@H](CCCNC(=N)N)NC(=O)[C@@H]1CCC(=O)N1)C(=O)N[C@H](Cc1cccc2ccccc12)C(=O)N1Cc2ccccc2C(C)(C)C1C(=O)O. The van der Waals surface area contributed by atoms with Gasteiger partial charge in [-0.25, -0.2) is 9.78 Å². The number of carbonyl (C=O) groups is 14. The van der Waals surface area contributed by atoms with Gasteiger partial charge in [0, 0.05) is 69.3 Å². The summed E-state index contributed by atoms with van der Waals surface area (Å²) in [5.41, 5.74) is 18.4. The summed E-state index contributed by atoms with van der Waals surface area (Å²) in [7, 11) is 0. The van der Waals surface area contributed by atoms with Crippen LogP contribution in [0.1, 0.15) is 166 Å². The van der Waals surface area contributed by atoms with Crippen LogP contribution in [0.2, 0.25) is 0 Å². The van der Waals surface area contributed by atoms with Crippen LogP contribution in [0.25, 0.3) is 10.8 Å². The van der Waals surface area contributed by atoms with E-state index in [1.165, 1.54) is 27.2 Å². The van der Waals surface area contributed by atoms with E-state index < -0.39 is 168 Å². The summed E-state index contributed by atoms with van der Waals surface area (Å²) in [6, 6.07) is 4.71. The van der Waals surface area contributed by atoms with Gasteiger partial charge in [0.05, 0.1) is 19.5 Å². The van der Waals surface area contributed by atoms with Crippen LogP contribution < -0.4 is 81.0 Å². The van der Waals surface area contributed by atoms with E-state index in [1.807, 2.05) is 73.7 Å². The third kappa shape index (κ3) is 26.1. The van der Waals surface area contributed by atoms with Gasteiger partial charge in [0.15, 0.2) is 11.9 Å². The van der Waals surface area contributed by atoms with Crippen molar-refractivity contribution >= 4 is 105 Å². The number of carbonyl (C=O) groups excluding carboxylic acids is 13. The Morgan fingerprint density at radius 1 is 0.588 bits per heavy atom. The van der Waals surface area contributed by atoms with Gasteiger partial charge in [-0.05, 0) is 130 Å². The highest BCUT2D eigenvalue weighted by molar-refractivity contribution is 6.01. The van der Waals surface area contributed by atoms with E-state index in [1.54, 1.807) is 27.7 Å². The molecule has 648 valence electrons. The summed E-state index contributed by atoms with van der Waals surface area (Å²) >= 11 is 0. The molecule has 8 rings (SSSR count). The summed E-state index contributed by atoms with van der Waals surface area (Å²) < 4.78 is 0. The van der Waals surface area contributed by atoms with Crippen LogP contribution in [0.15, 0.2) is 79.3 Å². The molecule has 0 bridgehead atoms. The van der Waals surface area contributed by atoms with Crippen molar-refractivity contribution in [2.24, 2.45) is 23.1 Å². The van der Waals surface area contributed by atoms with Crippen LogP contribution in [0.5, 0.6) is 0 Å². The van der Waals surface area contributed by atoms with E-state index in [0.29, 0.717) is 49.8 Å². The van der Waals surface area contributed by atoms with Crippen molar-refractivity contribution in [2.45, 2.75) is 241 Å². The van der Waals surface area contributed by atoms with E-state index in [2.05, 4.69) is 73.8 Å². The van der Waals surface area contributed by atoms with Gasteiger partial charge in [-0.2, -0.15) is 0 Å². The highest BCUT2D eigenvalue weighted by Gasteiger charge is 2.50. The number of aliphatic hydroxyl groups is 1. The van der Waals surface area contributed by atoms with Gasteiger partial charge in [-0.15, -0.1) is 0 Å². The van der Waals surface area contributed by atoms with Crippen molar-refractivity contribution in [3.05, 3.63) is 102 Å². The number of aliphatic hydroxyl groups excluding tert-OH is 1. The molecule has 1 unspecified atom stereocenters. The summed E-state index contributed by atoms with van der Waals surface area (Å²) in [6.45, 7) is 7.82. The van der Waals surface area contributed by atoms with E-state index in [9.17, 15) is 72.5 Å². The van der Waals surface area contributed by atoms with Gasteiger partial charge in [0.1, 0.15) is 72.5 Å². The monoisotopic (exact) mass is 1650 g/mol. The Balaban J connectivity index is 0.922. The molecule has 0 radical (unpaired) electrons. The molecule has 119 heavy (non-hydrogen) atoms. The van der Waals surface area contributed by atoms with Crippen LogP contribution in [-0.4, -0.2) is 248 Å². The number of H-pyrrole nitrogens is 1. The molecule has 3 fully saturated rings. The molecule has 3 aromatic carbocycles. The first-order chi connectivity index (χ1) is 56.8. The van der Waals surface area contributed by atoms with Crippen molar-refractivity contribution in [1.29, 1.82) is 10.8 Å². The predicted octanol–water partition coefficient (Wildman–Crippen LogP) is -1.74. The second-order valence-corrected chi connectivity index (χ2v) is 31.7. The summed E-state index contributed by atoms with van der Waals surface area (Å²) in [5, 5.41) is 70.6. The van der Waals surface area contributed by atoms with Gasteiger partial charge in [0.2, 0.25) is 76.8 Å². The van der Waals surface area contributed by atoms with Crippen LogP contribution in [0.3, 0.4) is 0 Å². The average molecular weight is 1660 g/mol. The number of benzene rings is 3. The Morgan fingerprint density at radius 2 is 1.13 bits per heavy atom. The molecule has 12 atom stereocenters. The standard InChI is InChI=1S/C81H118N22O16/c1-6-7-25-54(69(109)99-60(39-48-22-14-21-47-19-8-10-23-51(47)48)77(117)103-43-49-20-9-11-24-52(49)81(4,5)66(103)78(118)119)94-74(114)62-29-17-36-101(62)65(106)42-90-67(107)53(26-12-13-33-82)93-72(112)59(40-50-41-87-45-91-50)98-73(113)61(44-104)100-71(111)58(38-46(2)3)97-68(108)55(27-15-34-88-79(83)84)95-75(115)63-30-18-37-102(63)76(116)57(28-16-35-89-80(85)86)96-70(110)56-31-32-64(105)92-56/h8-11,14,19-24,41,45-46,53-63,66,104H,6-7,12-13,15-18,25-40,42-44,82H2,1-5H3,(H,87,91)(H,90,107)(H,92,105)(H,93,112)(H,94,114)(H,95,115)(H,96,110)(H,97,108)(H,98,113)(H,99,109)(H,100,111)(H,118,119)(H4,83,84,88)(H4,85,86,89)/t53-,54-,55-,56-,57-,58-,59-,60+,61-,62-,63-,66?/m0/s1. The van der Waals surface area contributed by atoms with E-state index in [0.717, 1.165) is 21.9 Å². The van der Waals surface area contributed by atoms with Crippen LogP contribution in [0.4, 0.5) is 0 Å². The van der Waals surface area contributed by atoms with Crippen molar-refractivity contribution < 1.29 is 77.3 Å². The molecule has 4 aliphatic rings. The first-order valence-corrected chi connectivity index (χ1v) is 41.0. The first kappa shape index (κ1) is 92.7. The number of rotatable bonds is 44. The van der Waals surface area contributed by atoms with Crippen molar-refractivity contribution in [2.75, 3.05) is 45.9 Å². The molecule has 4 aliphatic heterocycles. The summed E-state index contributed by atoms with van der Waals surface area (Å²) in [5.74, 6) is -11.9. The molecule has 0 saturated carbocycles. The van der Waals surface area contributed by atoms with Gasteiger partial charge in [-0.3, -0.25) is 73.1 Å². The Hall–Kier alpha value is -11.8. The number of carboxylic acids is 1. The number of aromatic amines is 1. The number of likely N-dealkylation sites (tertiary alicyclic amines) is 2. The zero-order chi connectivity index (χ0) is 86.6. The fraction of sp³-hybridized carbons (Fsp3) is 0.568. The molecule has 3 saturated heterocycles. The zero-order valence-electron chi connectivity index (χ0n) is 68.2. The molecule has 0 aliphatic carbocycles. The lowest BCUT2D eigenvalue weighted by Gasteiger charge is -2.46. The molecule has 5 heterocycles. The third-order valence-corrected chi connectivity index (χ3v) is 22.0. The first-order valence-electron chi connectivity index (χ1n) is 41.0. The minimum absolute atomic E-state index is 0.0204. The fourth-order valence-corrected chi connectivity index (χ4v) is 15.8. The number of hydrogen-bond donors (Lipinski definition) is 20. The number of nitrogens with zero attached hydrogens (tertiary/aromatic N) is 4. The molecule has 4 aromatic rings. The number of unbranched alkanes of at least 4 members (excludes halogenated alkanes) is 2. The molecule has 1 aromatic heterocycles. The topological polar surface area (TPSA) is 588 Å². The lowest BCUT2D eigenvalue weighted by Crippen LogP contribution is -2.63. The Bertz CT molecular complexity index is 4270. The Morgan fingerprint density at radius 3 is 1.74 bits per heavy atom. The van der Waals surface area contributed by atoms with Crippen LogP contribution >= 0.6 is 0 Å². The van der Waals surface area contributed by atoms with Gasteiger partial charge < -0.3 is 111 Å². The summed E-state index contributed by atoms with van der Waals surface area (Å²) in [6.07, 6.45) is 5.91. The number of carboxylic acid groups (broad SMARTS) is 1. The van der Waals surface area contributed by atoms with Gasteiger partial charge in [0.25, 0.3) is 0 Å². The number of aliphatic carboxylic acids is 1. The van der Waals surface area contributed by atoms with Crippen LogP contribution in [-0.2, 0) is 91.9 Å². The number of hydrogen-bond acceptors (Lipinski definition) is 19. The maximum atomic E-state index is 15.2. The lowest BCUT2D eigenvalue weighted by molar-refractivity contribution is -0.156. The molecule has 38 nitrogen and oxygen atoms in total. The van der Waals surface area contributed by atoms with Gasteiger partial charge in [-0.1, -0.05) is 114 Å². The minimum atomic E-state index is -1.78. The number of amides is 13. The van der Waals surface area contributed by atoms with E-state index >= 15 is 4.79 Å². The Kier molecular flexibility index (Phi) is 34.8. The highest BCUT2D eigenvalue weighted by Crippen LogP contribution is 2.39. The zero-order valence-corrected chi connectivity index (χ0v) is 68.2. The minimum Gasteiger partial charge on any atom is -0.480 e. The smallest absolute Gasteiger partial charge is 0.327 e. The van der Waals surface area contributed by atoms with Gasteiger partial charge >= 0.3 is 5.97 Å². The maximum absolute atomic E-state index is 15.2. The molecule has 23 N–H and O–H groups in total. The van der Waals surface area contributed by atoms with E-state index in [-0.39, 0.29) is 146 Å². The van der Waals surface area contributed by atoms with Crippen molar-refractivity contribution in [1.82, 2.24) is 88.5 Å². The number of fused-ring (bicyclic) bond motifs is 2. The predicted molar refractivity (Wildman–Crippen MR) is 438 cm³/mol. The number of nitrogens with two attached hydrogens (primary N) is 3. The fourth-order valence-electron chi connectivity index (χ4n) is 15.8. The summed E-state index contributed by atoms with van der Waals surface area (Å²) in [4.78, 5) is 210. The second-order valence-electron chi connectivity index (χ2n) is 31.7. The quantitative estimate of drug-likeness (QED) is 0.0133. The largest absolute Gasteiger partial charge is 0.480 e. The lowest BCUT2D eigenvalue weighted by atomic mass is 9.72. The van der Waals surface area contributed by atoms with Crippen molar-refractivity contribution in [3.63, 3.8) is 0 Å². The normalized spacial score (nSPS) is 18.7. The molecular weight excluding hydrogens is 1540 g/mol.